The molecule has 2 aromatic rings. The molecule has 1 saturated heterocycles. The summed E-state index contributed by atoms with van der Waals surface area (Å²) in [4.78, 5) is 16.3. The first kappa shape index (κ1) is 22.6. The number of nitrogens with one attached hydrogen (secondary N) is 2. The molecule has 1 aliphatic heterocycles. The number of hydrogen-bond acceptors (Lipinski definition) is 6. The number of ether oxygens (including phenoxy) is 1. The summed E-state index contributed by atoms with van der Waals surface area (Å²) in [5.41, 5.74) is 0.485. The largest absolute Gasteiger partial charge is 0.394 e. The number of rotatable bonds is 8. The van der Waals surface area contributed by atoms with Gasteiger partial charge in [0.05, 0.1) is 23.6 Å². The van der Waals surface area contributed by atoms with Crippen LogP contribution in [0.5, 0.6) is 0 Å². The maximum atomic E-state index is 12.4. The Morgan fingerprint density at radius 3 is 2.70 bits per heavy atom. The first-order chi connectivity index (χ1) is 14.4. The SMILES string of the molecule is O=C(N[C@H]1CC[C@@H](CCNS(=O)(=O)c2cccc(Cl)c2)O[C@@H]1CO)c1ccncc1. The molecule has 0 saturated carbocycles. The first-order valence-corrected chi connectivity index (χ1v) is 11.5. The molecule has 0 radical (unpaired) electrons. The second-order valence-electron chi connectivity index (χ2n) is 7.02. The van der Waals surface area contributed by atoms with E-state index in [0.29, 0.717) is 29.8 Å². The molecule has 3 atom stereocenters. The van der Waals surface area contributed by atoms with Crippen LogP contribution in [0.1, 0.15) is 29.6 Å². The molecule has 1 aliphatic rings. The fourth-order valence-electron chi connectivity index (χ4n) is 3.34. The van der Waals surface area contributed by atoms with Crippen molar-refractivity contribution in [3.05, 3.63) is 59.4 Å². The van der Waals surface area contributed by atoms with Crippen LogP contribution in [0, 0.1) is 0 Å². The predicted molar refractivity (Wildman–Crippen MR) is 112 cm³/mol. The number of carbonyl (C=O) groups excluding carboxylic acids is 1. The van der Waals surface area contributed by atoms with Gasteiger partial charge in [-0.05, 0) is 49.6 Å². The Hall–Kier alpha value is -2.04. The lowest BCUT2D eigenvalue weighted by Crippen LogP contribution is -2.51. The molecule has 1 aromatic carbocycles. The summed E-state index contributed by atoms with van der Waals surface area (Å²) < 4.78 is 33.1. The number of aliphatic hydroxyl groups excluding tert-OH is 1. The van der Waals surface area contributed by atoms with Gasteiger partial charge < -0.3 is 15.2 Å². The van der Waals surface area contributed by atoms with Crippen molar-refractivity contribution in [2.45, 2.75) is 42.4 Å². The minimum Gasteiger partial charge on any atom is -0.394 e. The average Bonchev–Trinajstić information content (AvgIpc) is 2.75. The fourth-order valence-corrected chi connectivity index (χ4v) is 4.68. The number of pyridine rings is 1. The van der Waals surface area contributed by atoms with E-state index in [2.05, 4.69) is 15.0 Å². The summed E-state index contributed by atoms with van der Waals surface area (Å²) >= 11 is 5.86. The van der Waals surface area contributed by atoms with Crippen LogP contribution < -0.4 is 10.0 Å². The van der Waals surface area contributed by atoms with Crippen molar-refractivity contribution in [2.24, 2.45) is 0 Å². The number of carbonyl (C=O) groups is 1. The van der Waals surface area contributed by atoms with Crippen LogP contribution in [0.15, 0.2) is 53.7 Å². The molecule has 0 unspecified atom stereocenters. The lowest BCUT2D eigenvalue weighted by atomic mass is 9.97. The normalized spacial score (nSPS) is 21.9. The van der Waals surface area contributed by atoms with Crippen LogP contribution in [0.2, 0.25) is 5.02 Å². The molecule has 2 heterocycles. The van der Waals surface area contributed by atoms with Crippen LogP contribution in [0.3, 0.4) is 0 Å². The summed E-state index contributed by atoms with van der Waals surface area (Å²) in [5, 5.41) is 12.9. The number of aliphatic hydroxyl groups is 1. The Morgan fingerprint density at radius 2 is 2.00 bits per heavy atom. The smallest absolute Gasteiger partial charge is 0.251 e. The molecule has 0 aliphatic carbocycles. The molecule has 8 nitrogen and oxygen atoms in total. The summed E-state index contributed by atoms with van der Waals surface area (Å²) in [5.74, 6) is -0.253. The third kappa shape index (κ3) is 5.99. The second-order valence-corrected chi connectivity index (χ2v) is 9.22. The van der Waals surface area contributed by atoms with Crippen LogP contribution >= 0.6 is 11.6 Å². The maximum absolute atomic E-state index is 12.4. The quantitative estimate of drug-likeness (QED) is 0.560. The number of aromatic nitrogens is 1. The topological polar surface area (TPSA) is 118 Å². The molecule has 3 rings (SSSR count). The minimum absolute atomic E-state index is 0.103. The Labute approximate surface area is 180 Å². The van der Waals surface area contributed by atoms with Gasteiger partial charge in [-0.3, -0.25) is 9.78 Å². The second kappa shape index (κ2) is 10.3. The Morgan fingerprint density at radius 1 is 1.23 bits per heavy atom. The van der Waals surface area contributed by atoms with Gasteiger partial charge in [-0.25, -0.2) is 13.1 Å². The van der Waals surface area contributed by atoms with E-state index < -0.39 is 16.1 Å². The van der Waals surface area contributed by atoms with Crippen molar-refractivity contribution in [3.8, 4) is 0 Å². The van der Waals surface area contributed by atoms with Crippen molar-refractivity contribution < 1.29 is 23.1 Å². The fraction of sp³-hybridized carbons (Fsp3) is 0.400. The van der Waals surface area contributed by atoms with E-state index in [9.17, 15) is 18.3 Å². The van der Waals surface area contributed by atoms with E-state index >= 15 is 0 Å². The molecule has 30 heavy (non-hydrogen) atoms. The van der Waals surface area contributed by atoms with E-state index in [0.717, 1.165) is 0 Å². The number of hydrogen-bond donors (Lipinski definition) is 3. The molecule has 10 heteroatoms. The van der Waals surface area contributed by atoms with Crippen LogP contribution in [0.25, 0.3) is 0 Å². The molecule has 162 valence electrons. The maximum Gasteiger partial charge on any atom is 0.251 e. The van der Waals surface area contributed by atoms with Crippen LogP contribution in [-0.4, -0.2) is 55.8 Å². The average molecular weight is 454 g/mol. The van der Waals surface area contributed by atoms with Crippen molar-refractivity contribution in [1.82, 2.24) is 15.0 Å². The molecule has 1 fully saturated rings. The van der Waals surface area contributed by atoms with Gasteiger partial charge in [0, 0.05) is 29.5 Å². The van der Waals surface area contributed by atoms with Gasteiger partial charge in [0.15, 0.2) is 0 Å². The van der Waals surface area contributed by atoms with Gasteiger partial charge in [0.25, 0.3) is 5.91 Å². The summed E-state index contributed by atoms with van der Waals surface area (Å²) in [6.45, 7) is -0.0578. The zero-order chi connectivity index (χ0) is 21.6. The number of amides is 1. The molecule has 0 bridgehead atoms. The highest BCUT2D eigenvalue weighted by Gasteiger charge is 2.32. The third-order valence-corrected chi connectivity index (χ3v) is 6.61. The van der Waals surface area contributed by atoms with Crippen molar-refractivity contribution in [2.75, 3.05) is 13.2 Å². The van der Waals surface area contributed by atoms with E-state index in [1.54, 1.807) is 24.3 Å². The Balaban J connectivity index is 1.50. The van der Waals surface area contributed by atoms with E-state index in [4.69, 9.17) is 16.3 Å². The standard InChI is InChI=1S/C20H24ClN3O5S/c21-15-2-1-3-17(12-15)30(27,28)23-11-8-16-4-5-18(19(13-25)29-16)24-20(26)14-6-9-22-10-7-14/h1-3,6-7,9-10,12,16,18-19,23,25H,4-5,8,11,13H2,(H,24,26)/t16-,18-,19+/m0/s1. The molecule has 0 spiro atoms. The number of halogens is 1. The summed E-state index contributed by atoms with van der Waals surface area (Å²) in [7, 11) is -3.66. The lowest BCUT2D eigenvalue weighted by Gasteiger charge is -2.36. The van der Waals surface area contributed by atoms with Crippen molar-refractivity contribution in [3.63, 3.8) is 0 Å². The van der Waals surface area contributed by atoms with Gasteiger partial charge in [-0.1, -0.05) is 17.7 Å². The highest BCUT2D eigenvalue weighted by atomic mass is 35.5. The van der Waals surface area contributed by atoms with Crippen molar-refractivity contribution in [1.29, 1.82) is 0 Å². The van der Waals surface area contributed by atoms with Crippen LogP contribution in [0.4, 0.5) is 0 Å². The van der Waals surface area contributed by atoms with Gasteiger partial charge >= 0.3 is 0 Å². The molecule has 1 aromatic heterocycles. The van der Waals surface area contributed by atoms with Gasteiger partial charge in [0.1, 0.15) is 6.10 Å². The minimum atomic E-state index is -3.66. The predicted octanol–water partition coefficient (Wildman–Crippen LogP) is 1.74. The number of benzene rings is 1. The van der Waals surface area contributed by atoms with Gasteiger partial charge in [-0.15, -0.1) is 0 Å². The lowest BCUT2D eigenvalue weighted by molar-refractivity contribution is -0.0891. The Bertz CT molecular complexity index is 958. The molecule has 3 N–H and O–H groups in total. The Kier molecular flexibility index (Phi) is 7.79. The zero-order valence-corrected chi connectivity index (χ0v) is 17.8. The van der Waals surface area contributed by atoms with Gasteiger partial charge in [-0.2, -0.15) is 0 Å². The molecule has 1 amide bonds. The first-order valence-electron chi connectivity index (χ1n) is 9.61. The highest BCUT2D eigenvalue weighted by molar-refractivity contribution is 7.89. The van der Waals surface area contributed by atoms with Crippen LogP contribution in [-0.2, 0) is 14.8 Å². The summed E-state index contributed by atoms with van der Waals surface area (Å²) in [6, 6.07) is 8.95. The summed E-state index contributed by atoms with van der Waals surface area (Å²) in [6.07, 6.45) is 4.00. The highest BCUT2D eigenvalue weighted by Crippen LogP contribution is 2.22. The van der Waals surface area contributed by atoms with E-state index in [1.165, 1.54) is 24.5 Å². The molecular weight excluding hydrogens is 430 g/mol. The number of nitrogens with zero attached hydrogens (tertiary/aromatic N) is 1. The van der Waals surface area contributed by atoms with Crippen molar-refractivity contribution >= 4 is 27.5 Å². The van der Waals surface area contributed by atoms with Gasteiger partial charge in [0.2, 0.25) is 10.0 Å². The van der Waals surface area contributed by atoms with E-state index in [-0.39, 0.29) is 36.1 Å². The zero-order valence-electron chi connectivity index (χ0n) is 16.2. The third-order valence-electron chi connectivity index (χ3n) is 4.92. The number of sulfonamides is 1. The van der Waals surface area contributed by atoms with E-state index in [1.807, 2.05) is 0 Å². The molecular formula is C20H24ClN3O5S. The monoisotopic (exact) mass is 453 g/mol.